The molecule has 0 saturated heterocycles. The van der Waals surface area contributed by atoms with Crippen molar-refractivity contribution in [2.24, 2.45) is 0 Å². The second-order valence-electron chi connectivity index (χ2n) is 6.85. The summed E-state index contributed by atoms with van der Waals surface area (Å²) in [5, 5.41) is 5.95. The highest BCUT2D eigenvalue weighted by Crippen LogP contribution is 2.21. The fraction of sp³-hybridized carbons (Fsp3) is 0.333. The molecule has 3 N–H and O–H groups in total. The molecule has 26 heavy (non-hydrogen) atoms. The van der Waals surface area contributed by atoms with Gasteiger partial charge in [0.25, 0.3) is 11.8 Å². The molecule has 5 nitrogen and oxygen atoms in total. The van der Waals surface area contributed by atoms with Crippen molar-refractivity contribution in [1.29, 1.82) is 0 Å². The molecule has 0 bridgehead atoms. The van der Waals surface area contributed by atoms with Gasteiger partial charge in [0.15, 0.2) is 13.1 Å². The van der Waals surface area contributed by atoms with E-state index in [0.717, 1.165) is 16.0 Å². The first kappa shape index (κ1) is 19.7. The van der Waals surface area contributed by atoms with Gasteiger partial charge >= 0.3 is 0 Å². The lowest BCUT2D eigenvalue weighted by Gasteiger charge is -2.21. The summed E-state index contributed by atoms with van der Waals surface area (Å²) in [5.74, 6) is -0.134. The topological polar surface area (TPSA) is 62.6 Å². The zero-order chi connectivity index (χ0) is 18.9. The Morgan fingerprint density at radius 3 is 1.65 bits per heavy atom. The fourth-order valence-electron chi connectivity index (χ4n) is 2.85. The number of amides is 2. The van der Waals surface area contributed by atoms with Crippen LogP contribution in [-0.2, 0) is 9.59 Å². The summed E-state index contributed by atoms with van der Waals surface area (Å²) in [7, 11) is 1.85. The zero-order valence-electron chi connectivity index (χ0n) is 15.7. The number of hydrogen-bond acceptors (Lipinski definition) is 2. The van der Waals surface area contributed by atoms with Crippen LogP contribution in [0.1, 0.15) is 31.0 Å². The SMILES string of the molecule is CC(C)NC(=O)C[NH+](C)CC(=O)NC(c1ccccc1)c1ccccc1. The predicted molar refractivity (Wildman–Crippen MR) is 103 cm³/mol. The summed E-state index contributed by atoms with van der Waals surface area (Å²) in [5.41, 5.74) is 2.06. The summed E-state index contributed by atoms with van der Waals surface area (Å²) >= 11 is 0. The predicted octanol–water partition coefficient (Wildman–Crippen LogP) is 0.932. The van der Waals surface area contributed by atoms with Crippen LogP contribution in [0.4, 0.5) is 0 Å². The molecule has 0 aromatic heterocycles. The van der Waals surface area contributed by atoms with Gasteiger partial charge in [0.05, 0.1) is 13.1 Å². The molecule has 0 saturated carbocycles. The maximum Gasteiger partial charge on any atom is 0.275 e. The van der Waals surface area contributed by atoms with Gasteiger partial charge < -0.3 is 15.5 Å². The van der Waals surface area contributed by atoms with E-state index in [-0.39, 0.29) is 37.0 Å². The van der Waals surface area contributed by atoms with Gasteiger partial charge in [-0.15, -0.1) is 0 Å². The molecule has 5 heteroatoms. The van der Waals surface area contributed by atoms with Gasteiger partial charge in [-0.3, -0.25) is 9.59 Å². The van der Waals surface area contributed by atoms with Crippen LogP contribution in [0.3, 0.4) is 0 Å². The van der Waals surface area contributed by atoms with Crippen molar-refractivity contribution < 1.29 is 14.5 Å². The van der Waals surface area contributed by atoms with Gasteiger partial charge in [0, 0.05) is 6.04 Å². The molecule has 138 valence electrons. The van der Waals surface area contributed by atoms with E-state index < -0.39 is 0 Å². The number of quaternary nitrogens is 1. The fourth-order valence-corrected chi connectivity index (χ4v) is 2.85. The van der Waals surface area contributed by atoms with Crippen LogP contribution in [0.25, 0.3) is 0 Å². The van der Waals surface area contributed by atoms with Crippen LogP contribution in [0.15, 0.2) is 60.7 Å². The monoisotopic (exact) mass is 354 g/mol. The van der Waals surface area contributed by atoms with E-state index in [9.17, 15) is 9.59 Å². The maximum absolute atomic E-state index is 12.6. The minimum Gasteiger partial charge on any atom is -0.349 e. The Hall–Kier alpha value is -2.66. The van der Waals surface area contributed by atoms with Crippen molar-refractivity contribution >= 4 is 11.8 Å². The summed E-state index contributed by atoms with van der Waals surface area (Å²) in [6.45, 7) is 4.35. The van der Waals surface area contributed by atoms with Crippen molar-refractivity contribution in [3.05, 3.63) is 71.8 Å². The van der Waals surface area contributed by atoms with Crippen LogP contribution in [0, 0.1) is 0 Å². The molecular formula is C21H28N3O2+. The number of nitrogens with one attached hydrogen (secondary N) is 3. The van der Waals surface area contributed by atoms with Crippen LogP contribution >= 0.6 is 0 Å². The Morgan fingerprint density at radius 2 is 1.23 bits per heavy atom. The van der Waals surface area contributed by atoms with Gasteiger partial charge in [-0.1, -0.05) is 60.7 Å². The van der Waals surface area contributed by atoms with E-state index >= 15 is 0 Å². The lowest BCUT2D eigenvalue weighted by atomic mass is 9.99. The second-order valence-corrected chi connectivity index (χ2v) is 6.85. The van der Waals surface area contributed by atoms with Crippen molar-refractivity contribution in [3.63, 3.8) is 0 Å². The van der Waals surface area contributed by atoms with Gasteiger partial charge in [-0.25, -0.2) is 0 Å². The number of benzene rings is 2. The maximum atomic E-state index is 12.6. The molecule has 0 aliphatic carbocycles. The first-order valence-corrected chi connectivity index (χ1v) is 8.95. The van der Waals surface area contributed by atoms with E-state index in [2.05, 4.69) is 10.6 Å². The van der Waals surface area contributed by atoms with Crippen molar-refractivity contribution in [3.8, 4) is 0 Å². The molecule has 2 aromatic carbocycles. The molecule has 1 atom stereocenters. The van der Waals surface area contributed by atoms with Crippen LogP contribution in [0.2, 0.25) is 0 Å². The lowest BCUT2D eigenvalue weighted by molar-refractivity contribution is -0.862. The van der Waals surface area contributed by atoms with Gasteiger partial charge in [0.2, 0.25) is 0 Å². The zero-order valence-corrected chi connectivity index (χ0v) is 15.7. The number of likely N-dealkylation sites (N-methyl/N-ethyl adjacent to an activating group) is 1. The normalized spacial score (nSPS) is 12.0. The molecule has 2 aromatic rings. The number of rotatable bonds is 8. The van der Waals surface area contributed by atoms with E-state index in [4.69, 9.17) is 0 Å². The summed E-state index contributed by atoms with van der Waals surface area (Å²) < 4.78 is 0. The quantitative estimate of drug-likeness (QED) is 0.660. The first-order chi connectivity index (χ1) is 12.5. The Morgan fingerprint density at radius 1 is 0.808 bits per heavy atom. The average Bonchev–Trinajstić information content (AvgIpc) is 2.60. The molecule has 2 rings (SSSR count). The van der Waals surface area contributed by atoms with Crippen molar-refractivity contribution in [1.82, 2.24) is 10.6 Å². The summed E-state index contributed by atoms with van der Waals surface area (Å²) in [4.78, 5) is 25.2. The van der Waals surface area contributed by atoms with E-state index in [0.29, 0.717) is 0 Å². The Balaban J connectivity index is 2.02. The second kappa shape index (κ2) is 9.73. The van der Waals surface area contributed by atoms with Crippen molar-refractivity contribution in [2.45, 2.75) is 25.9 Å². The Labute approximate surface area is 155 Å². The molecule has 0 aliphatic heterocycles. The molecule has 2 amide bonds. The van der Waals surface area contributed by atoms with Crippen LogP contribution in [-0.4, -0.2) is 38.0 Å². The molecule has 0 radical (unpaired) electrons. The molecular weight excluding hydrogens is 326 g/mol. The highest BCUT2D eigenvalue weighted by Gasteiger charge is 2.20. The third-order valence-corrected chi connectivity index (χ3v) is 3.95. The minimum atomic E-state index is -0.206. The molecule has 0 aliphatic rings. The number of carbonyl (C=O) groups excluding carboxylic acids is 2. The van der Waals surface area contributed by atoms with Gasteiger partial charge in [-0.2, -0.15) is 0 Å². The van der Waals surface area contributed by atoms with E-state index in [1.807, 2.05) is 81.6 Å². The van der Waals surface area contributed by atoms with Gasteiger partial charge in [0.1, 0.15) is 0 Å². The smallest absolute Gasteiger partial charge is 0.275 e. The Kier molecular flexibility index (Phi) is 7.36. The highest BCUT2D eigenvalue weighted by molar-refractivity contribution is 5.79. The van der Waals surface area contributed by atoms with Gasteiger partial charge in [-0.05, 0) is 25.0 Å². The first-order valence-electron chi connectivity index (χ1n) is 8.95. The van der Waals surface area contributed by atoms with Crippen LogP contribution in [0.5, 0.6) is 0 Å². The summed E-state index contributed by atoms with van der Waals surface area (Å²) in [6, 6.07) is 19.7. The summed E-state index contributed by atoms with van der Waals surface area (Å²) in [6.07, 6.45) is 0. The average molecular weight is 354 g/mol. The molecule has 0 fully saturated rings. The minimum absolute atomic E-state index is 0.0482. The Bertz CT molecular complexity index is 662. The van der Waals surface area contributed by atoms with Crippen LogP contribution < -0.4 is 15.5 Å². The standard InChI is InChI=1S/C21H27N3O2/c1-16(2)22-19(25)14-24(3)15-20(26)23-21(17-10-6-4-7-11-17)18-12-8-5-9-13-18/h4-13,16,21H,14-15H2,1-3H3,(H,22,25)(H,23,26)/p+1. The lowest BCUT2D eigenvalue weighted by Crippen LogP contribution is -3.11. The van der Waals surface area contributed by atoms with E-state index in [1.165, 1.54) is 0 Å². The van der Waals surface area contributed by atoms with E-state index in [1.54, 1.807) is 0 Å². The number of carbonyl (C=O) groups is 2. The number of hydrogen-bond donors (Lipinski definition) is 3. The molecule has 1 unspecified atom stereocenters. The third-order valence-electron chi connectivity index (χ3n) is 3.95. The largest absolute Gasteiger partial charge is 0.349 e. The molecule has 0 spiro atoms. The molecule has 0 heterocycles. The van der Waals surface area contributed by atoms with Crippen molar-refractivity contribution in [2.75, 3.05) is 20.1 Å². The highest BCUT2D eigenvalue weighted by atomic mass is 16.2. The third kappa shape index (κ3) is 6.33.